The number of carboxylic acid groups (broad SMARTS) is 2. The molecule has 11 heteroatoms. The molecule has 0 saturated carbocycles. The molecule has 0 radical (unpaired) electrons. The summed E-state index contributed by atoms with van der Waals surface area (Å²) in [6, 6.07) is 0. The van der Waals surface area contributed by atoms with E-state index in [9.17, 15) is 33.9 Å². The molecule has 0 aliphatic heterocycles. The van der Waals surface area contributed by atoms with Gasteiger partial charge in [0.15, 0.2) is 0 Å². The molecule has 0 aliphatic rings. The quantitative estimate of drug-likeness (QED) is 0.0724. The van der Waals surface area contributed by atoms with Gasteiger partial charge in [-0.1, -0.05) is 64.2 Å². The van der Waals surface area contributed by atoms with Crippen LogP contribution in [0.1, 0.15) is 142 Å². The van der Waals surface area contributed by atoms with Crippen molar-refractivity contribution in [1.29, 1.82) is 0 Å². The van der Waals surface area contributed by atoms with Gasteiger partial charge in [0.2, 0.25) is 5.91 Å². The highest BCUT2D eigenvalue weighted by molar-refractivity contribution is 5.87. The first-order chi connectivity index (χ1) is 21.6. The van der Waals surface area contributed by atoms with E-state index in [1.54, 1.807) is 0 Å². The molecule has 0 rings (SSSR count). The Bertz CT molecular complexity index is 845. The largest absolute Gasteiger partial charge is 0.481 e. The summed E-state index contributed by atoms with van der Waals surface area (Å²) in [5, 5.41) is 20.5. The van der Waals surface area contributed by atoms with Crippen molar-refractivity contribution in [3.8, 4) is 0 Å². The van der Waals surface area contributed by atoms with Crippen LogP contribution < -0.4 is 5.32 Å². The highest BCUT2D eigenvalue weighted by atomic mass is 16.5. The second-order valence-corrected chi connectivity index (χ2v) is 11.9. The molecule has 3 N–H and O–H groups in total. The fraction of sp³-hybridized carbons (Fsp3) is 0.824. The van der Waals surface area contributed by atoms with Crippen LogP contribution in [0.3, 0.4) is 0 Å². The Balaban J connectivity index is 3.47. The number of nitrogens with one attached hydrogen (secondary N) is 1. The number of ether oxygens (including phenoxy) is 2. The van der Waals surface area contributed by atoms with Gasteiger partial charge in [-0.25, -0.2) is 0 Å². The van der Waals surface area contributed by atoms with E-state index in [2.05, 4.69) is 5.32 Å². The van der Waals surface area contributed by atoms with E-state index in [-0.39, 0.29) is 68.3 Å². The number of unbranched alkanes of at least 4 members (excludes halogenated alkanes) is 11. The van der Waals surface area contributed by atoms with Crippen molar-refractivity contribution in [2.24, 2.45) is 5.92 Å². The van der Waals surface area contributed by atoms with E-state index in [1.807, 2.05) is 0 Å². The molecule has 0 aliphatic carbocycles. The Hall–Kier alpha value is -2.66. The van der Waals surface area contributed by atoms with Gasteiger partial charge in [0, 0.05) is 58.1 Å². The number of rotatable bonds is 34. The first-order valence-electron chi connectivity index (χ1n) is 17.0. The SMILES string of the molecule is CC(=O)CC[C@H](CC(=O)CCC(=O)NCCOCCOCCCC(=O)CCCCCCCCCCCCCCC(=O)O)C(=O)O. The van der Waals surface area contributed by atoms with Gasteiger partial charge in [-0.05, 0) is 32.6 Å². The van der Waals surface area contributed by atoms with Crippen LogP contribution in [-0.2, 0) is 38.2 Å². The van der Waals surface area contributed by atoms with Crippen LogP contribution in [0.5, 0.6) is 0 Å². The number of carboxylic acids is 2. The van der Waals surface area contributed by atoms with Crippen molar-refractivity contribution in [2.75, 3.05) is 33.0 Å². The first kappa shape index (κ1) is 42.3. The lowest BCUT2D eigenvalue weighted by molar-refractivity contribution is -0.144. The van der Waals surface area contributed by atoms with E-state index in [4.69, 9.17) is 14.6 Å². The van der Waals surface area contributed by atoms with Gasteiger partial charge in [0.1, 0.15) is 17.3 Å². The summed E-state index contributed by atoms with van der Waals surface area (Å²) in [4.78, 5) is 68.7. The van der Waals surface area contributed by atoms with Gasteiger partial charge < -0.3 is 29.8 Å². The summed E-state index contributed by atoms with van der Waals surface area (Å²) >= 11 is 0. The zero-order valence-corrected chi connectivity index (χ0v) is 27.6. The van der Waals surface area contributed by atoms with Crippen molar-refractivity contribution in [3.05, 3.63) is 0 Å². The molecule has 45 heavy (non-hydrogen) atoms. The van der Waals surface area contributed by atoms with Crippen molar-refractivity contribution >= 4 is 35.2 Å². The third-order valence-electron chi connectivity index (χ3n) is 7.58. The summed E-state index contributed by atoms with van der Waals surface area (Å²) in [6.07, 6.45) is 15.7. The summed E-state index contributed by atoms with van der Waals surface area (Å²) in [6.45, 7) is 3.23. The number of amides is 1. The number of hydrogen-bond acceptors (Lipinski definition) is 8. The highest BCUT2D eigenvalue weighted by Gasteiger charge is 2.21. The van der Waals surface area contributed by atoms with E-state index < -0.39 is 17.9 Å². The lowest BCUT2D eigenvalue weighted by atomic mass is 9.94. The van der Waals surface area contributed by atoms with Crippen LogP contribution in [0.4, 0.5) is 0 Å². The minimum Gasteiger partial charge on any atom is -0.481 e. The maximum absolute atomic E-state index is 12.0. The zero-order chi connectivity index (χ0) is 33.5. The zero-order valence-electron chi connectivity index (χ0n) is 27.6. The molecule has 1 amide bonds. The molecule has 0 heterocycles. The molecule has 0 unspecified atom stereocenters. The fourth-order valence-corrected chi connectivity index (χ4v) is 4.86. The maximum atomic E-state index is 12.0. The monoisotopic (exact) mass is 641 g/mol. The Morgan fingerprint density at radius 1 is 0.556 bits per heavy atom. The van der Waals surface area contributed by atoms with Crippen LogP contribution in [0.15, 0.2) is 0 Å². The minimum absolute atomic E-state index is 0.0263. The lowest BCUT2D eigenvalue weighted by Crippen LogP contribution is -2.28. The van der Waals surface area contributed by atoms with E-state index in [0.29, 0.717) is 45.7 Å². The summed E-state index contributed by atoms with van der Waals surface area (Å²) in [5.74, 6) is -3.19. The number of aliphatic carboxylic acids is 2. The third kappa shape index (κ3) is 31.1. The fourth-order valence-electron chi connectivity index (χ4n) is 4.86. The second-order valence-electron chi connectivity index (χ2n) is 11.9. The standard InChI is InChI=1S/C34H59NO10/c1-28(36)18-19-29(34(42)43)27-31(38)20-21-32(39)35-22-24-45-26-25-44-23-14-16-30(37)15-12-10-8-6-4-2-3-5-7-9-11-13-17-33(40)41/h29H,2-27H2,1H3,(H,35,39)(H,40,41)(H,42,43)/t29-/m1/s1. The van der Waals surface area contributed by atoms with Gasteiger partial charge in [0.25, 0.3) is 0 Å². The Morgan fingerprint density at radius 2 is 1.07 bits per heavy atom. The van der Waals surface area contributed by atoms with Gasteiger partial charge in [-0.2, -0.15) is 0 Å². The molecule has 260 valence electrons. The van der Waals surface area contributed by atoms with Crippen molar-refractivity contribution in [2.45, 2.75) is 142 Å². The Labute approximate surface area is 269 Å². The molecule has 0 spiro atoms. The van der Waals surface area contributed by atoms with Crippen LogP contribution >= 0.6 is 0 Å². The topological polar surface area (TPSA) is 173 Å². The molecule has 1 atom stereocenters. The average Bonchev–Trinajstić information content (AvgIpc) is 2.98. The average molecular weight is 642 g/mol. The van der Waals surface area contributed by atoms with E-state index >= 15 is 0 Å². The van der Waals surface area contributed by atoms with E-state index in [0.717, 1.165) is 32.1 Å². The second kappa shape index (κ2) is 30.0. The maximum Gasteiger partial charge on any atom is 0.306 e. The smallest absolute Gasteiger partial charge is 0.306 e. The molecule has 0 bridgehead atoms. The van der Waals surface area contributed by atoms with Gasteiger partial charge in [-0.15, -0.1) is 0 Å². The van der Waals surface area contributed by atoms with E-state index in [1.165, 1.54) is 51.9 Å². The highest BCUT2D eigenvalue weighted by Crippen LogP contribution is 2.15. The number of ketones is 3. The third-order valence-corrected chi connectivity index (χ3v) is 7.58. The molecular weight excluding hydrogens is 582 g/mol. The van der Waals surface area contributed by atoms with Crippen LogP contribution in [0.25, 0.3) is 0 Å². The minimum atomic E-state index is -1.11. The molecule has 0 aromatic heterocycles. The summed E-state index contributed by atoms with van der Waals surface area (Å²) in [5.41, 5.74) is 0. The van der Waals surface area contributed by atoms with Crippen molar-refractivity contribution < 1.29 is 48.5 Å². The van der Waals surface area contributed by atoms with Crippen molar-refractivity contribution in [1.82, 2.24) is 5.32 Å². The van der Waals surface area contributed by atoms with Gasteiger partial charge in [-0.3, -0.25) is 24.0 Å². The van der Waals surface area contributed by atoms with Gasteiger partial charge >= 0.3 is 11.9 Å². The Morgan fingerprint density at radius 3 is 1.60 bits per heavy atom. The first-order valence-corrected chi connectivity index (χ1v) is 17.0. The normalized spacial score (nSPS) is 11.7. The molecule has 0 saturated heterocycles. The number of carbonyl (C=O) groups excluding carboxylic acids is 4. The molecular formula is C34H59NO10. The predicted octanol–water partition coefficient (Wildman–Crippen LogP) is 5.84. The predicted molar refractivity (Wildman–Crippen MR) is 171 cm³/mol. The molecule has 0 fully saturated rings. The number of Topliss-reactive ketones (excluding diaryl/α,β-unsaturated/α-hetero) is 3. The molecule has 11 nitrogen and oxygen atoms in total. The van der Waals surface area contributed by atoms with Crippen LogP contribution in [-0.4, -0.2) is 78.4 Å². The Kier molecular flexibility index (Phi) is 28.2. The molecule has 0 aromatic carbocycles. The number of carbonyl (C=O) groups is 6. The van der Waals surface area contributed by atoms with Gasteiger partial charge in [0.05, 0.1) is 25.7 Å². The molecule has 0 aromatic rings. The van der Waals surface area contributed by atoms with Crippen LogP contribution in [0.2, 0.25) is 0 Å². The van der Waals surface area contributed by atoms with Crippen LogP contribution in [0, 0.1) is 5.92 Å². The van der Waals surface area contributed by atoms with Crippen molar-refractivity contribution in [3.63, 3.8) is 0 Å². The summed E-state index contributed by atoms with van der Waals surface area (Å²) < 4.78 is 10.9. The number of hydrogen-bond donors (Lipinski definition) is 3. The lowest BCUT2D eigenvalue weighted by Gasteiger charge is -2.10. The summed E-state index contributed by atoms with van der Waals surface area (Å²) in [7, 11) is 0.